The molecular formula is C21H34N3O3S+. The number of quaternary nitrogens is 1. The molecule has 28 heavy (non-hydrogen) atoms. The van der Waals surface area contributed by atoms with Crippen molar-refractivity contribution in [3.05, 3.63) is 29.8 Å². The van der Waals surface area contributed by atoms with Crippen molar-refractivity contribution in [1.29, 1.82) is 0 Å². The van der Waals surface area contributed by atoms with Gasteiger partial charge < -0.3 is 10.2 Å². The zero-order valence-electron chi connectivity index (χ0n) is 17.3. The van der Waals surface area contributed by atoms with Crippen LogP contribution in [-0.2, 0) is 14.8 Å². The molecule has 0 unspecified atom stereocenters. The van der Waals surface area contributed by atoms with E-state index in [-0.39, 0.29) is 11.9 Å². The van der Waals surface area contributed by atoms with Gasteiger partial charge in [0.15, 0.2) is 6.54 Å². The molecular weight excluding hydrogens is 374 g/mol. The molecule has 2 N–H and O–H groups in total. The van der Waals surface area contributed by atoms with Crippen LogP contribution in [-0.4, -0.2) is 57.4 Å². The monoisotopic (exact) mass is 408 g/mol. The van der Waals surface area contributed by atoms with Gasteiger partial charge in [-0.2, -0.15) is 4.31 Å². The molecule has 7 heteroatoms. The molecule has 2 fully saturated rings. The van der Waals surface area contributed by atoms with Crippen LogP contribution >= 0.6 is 0 Å². The van der Waals surface area contributed by atoms with Gasteiger partial charge in [0.2, 0.25) is 10.0 Å². The lowest BCUT2D eigenvalue weighted by Gasteiger charge is -2.35. The summed E-state index contributed by atoms with van der Waals surface area (Å²) in [5, 5.41) is 3.23. The zero-order valence-corrected chi connectivity index (χ0v) is 18.1. The molecule has 1 heterocycles. The summed E-state index contributed by atoms with van der Waals surface area (Å²) < 4.78 is 27.1. The van der Waals surface area contributed by atoms with Crippen molar-refractivity contribution in [3.63, 3.8) is 0 Å². The molecule has 156 valence electrons. The summed E-state index contributed by atoms with van der Waals surface area (Å²) >= 11 is 0. The summed E-state index contributed by atoms with van der Waals surface area (Å²) in [5.74, 6) is 1.27. The summed E-state index contributed by atoms with van der Waals surface area (Å²) in [5.41, 5.74) is 1.04. The minimum atomic E-state index is -3.45. The third kappa shape index (κ3) is 4.93. The molecule has 2 aliphatic rings. The summed E-state index contributed by atoms with van der Waals surface area (Å²) in [6.07, 6.45) is 3.49. The van der Waals surface area contributed by atoms with Gasteiger partial charge in [0.1, 0.15) is 0 Å². The number of aryl methyl sites for hydroxylation is 1. The molecule has 0 radical (unpaired) electrons. The lowest BCUT2D eigenvalue weighted by atomic mass is 9.78. The Morgan fingerprint density at radius 3 is 2.43 bits per heavy atom. The van der Waals surface area contributed by atoms with Crippen molar-refractivity contribution in [1.82, 2.24) is 9.62 Å². The number of nitrogens with one attached hydrogen (secondary N) is 2. The molecule has 0 aromatic heterocycles. The average Bonchev–Trinajstić information content (AvgIpc) is 2.66. The smallest absolute Gasteiger partial charge is 0.275 e. The topological polar surface area (TPSA) is 70.9 Å². The molecule has 1 aromatic rings. The summed E-state index contributed by atoms with van der Waals surface area (Å²) in [6.45, 7) is 9.10. The first kappa shape index (κ1) is 21.3. The van der Waals surface area contributed by atoms with E-state index in [4.69, 9.17) is 0 Å². The second-order valence-corrected chi connectivity index (χ2v) is 10.5. The Labute approximate surface area is 169 Å². The van der Waals surface area contributed by atoms with E-state index in [1.807, 2.05) is 19.1 Å². The van der Waals surface area contributed by atoms with Gasteiger partial charge in [-0.3, -0.25) is 4.79 Å². The minimum absolute atomic E-state index is 0.0933. The summed E-state index contributed by atoms with van der Waals surface area (Å²) in [6, 6.07) is 7.27. The quantitative estimate of drug-likeness (QED) is 0.758. The van der Waals surface area contributed by atoms with Crippen molar-refractivity contribution in [2.75, 3.05) is 32.7 Å². The van der Waals surface area contributed by atoms with Gasteiger partial charge in [0, 0.05) is 6.04 Å². The predicted molar refractivity (Wildman–Crippen MR) is 110 cm³/mol. The largest absolute Gasteiger partial charge is 0.348 e. The van der Waals surface area contributed by atoms with Crippen molar-refractivity contribution in [3.8, 4) is 0 Å². The van der Waals surface area contributed by atoms with Crippen molar-refractivity contribution in [2.24, 2.45) is 11.8 Å². The van der Waals surface area contributed by atoms with E-state index in [2.05, 4.69) is 19.2 Å². The number of benzene rings is 1. The van der Waals surface area contributed by atoms with E-state index in [9.17, 15) is 13.2 Å². The fraction of sp³-hybridized carbons (Fsp3) is 0.667. The van der Waals surface area contributed by atoms with E-state index in [0.29, 0.717) is 49.5 Å². The molecule has 1 aromatic carbocycles. The first-order valence-electron chi connectivity index (χ1n) is 10.5. The molecule has 1 amide bonds. The molecule has 0 spiro atoms. The highest BCUT2D eigenvalue weighted by Crippen LogP contribution is 2.29. The highest BCUT2D eigenvalue weighted by atomic mass is 32.2. The third-order valence-corrected chi connectivity index (χ3v) is 8.46. The lowest BCUT2D eigenvalue weighted by molar-refractivity contribution is -0.895. The van der Waals surface area contributed by atoms with Crippen LogP contribution in [0.2, 0.25) is 0 Å². The molecule has 1 aliphatic heterocycles. The normalized spacial score (nSPS) is 27.5. The van der Waals surface area contributed by atoms with Gasteiger partial charge in [-0.25, -0.2) is 8.42 Å². The molecule has 6 nitrogen and oxygen atoms in total. The van der Waals surface area contributed by atoms with Crippen LogP contribution in [0.25, 0.3) is 0 Å². The van der Waals surface area contributed by atoms with Crippen LogP contribution in [0.15, 0.2) is 29.2 Å². The van der Waals surface area contributed by atoms with Crippen LogP contribution in [0.3, 0.4) is 0 Å². The van der Waals surface area contributed by atoms with Crippen LogP contribution in [0.1, 0.15) is 38.7 Å². The van der Waals surface area contributed by atoms with Crippen molar-refractivity contribution >= 4 is 15.9 Å². The number of hydrogen-bond donors (Lipinski definition) is 2. The standard InChI is InChI=1S/C21H33N3O3S/c1-16-7-9-19(10-8-16)28(26,27)24-13-11-23(12-14-24)15-21(25)22-20-6-4-5-17(2)18(20)3/h7-10,17-18,20H,4-6,11-15H2,1-3H3,(H,22,25)/p+1/t17-,18-,20+/m0/s1. The van der Waals surface area contributed by atoms with Gasteiger partial charge in [-0.1, -0.05) is 44.4 Å². The number of amides is 1. The number of sulfonamides is 1. The molecule has 3 atom stereocenters. The lowest BCUT2D eigenvalue weighted by Crippen LogP contribution is -3.15. The fourth-order valence-electron chi connectivity index (χ4n) is 4.35. The predicted octanol–water partition coefficient (Wildman–Crippen LogP) is 0.825. The fourth-order valence-corrected chi connectivity index (χ4v) is 5.79. The Balaban J connectivity index is 1.50. The molecule has 1 aliphatic carbocycles. The van der Waals surface area contributed by atoms with Crippen LogP contribution in [0.5, 0.6) is 0 Å². The number of carbonyl (C=O) groups excluding carboxylic acids is 1. The van der Waals surface area contributed by atoms with Crippen LogP contribution in [0, 0.1) is 18.8 Å². The SMILES string of the molecule is Cc1ccc(S(=O)(=O)N2CC[NH+](CC(=O)N[C@@H]3CCC[C@H](C)[C@@H]3C)CC2)cc1. The highest BCUT2D eigenvalue weighted by molar-refractivity contribution is 7.89. The maximum absolute atomic E-state index is 12.8. The molecule has 0 bridgehead atoms. The number of rotatable bonds is 5. The van der Waals surface area contributed by atoms with E-state index in [0.717, 1.165) is 16.9 Å². The van der Waals surface area contributed by atoms with Crippen LogP contribution in [0.4, 0.5) is 0 Å². The second-order valence-electron chi connectivity index (χ2n) is 8.59. The van der Waals surface area contributed by atoms with Crippen molar-refractivity contribution in [2.45, 2.75) is 51.0 Å². The van der Waals surface area contributed by atoms with Crippen molar-refractivity contribution < 1.29 is 18.1 Å². The average molecular weight is 409 g/mol. The highest BCUT2D eigenvalue weighted by Gasteiger charge is 2.32. The maximum atomic E-state index is 12.8. The second kappa shape index (κ2) is 8.93. The van der Waals surface area contributed by atoms with Gasteiger partial charge in [-0.15, -0.1) is 0 Å². The van der Waals surface area contributed by atoms with Gasteiger partial charge in [0.05, 0.1) is 31.1 Å². The third-order valence-electron chi connectivity index (χ3n) is 6.55. The summed E-state index contributed by atoms with van der Waals surface area (Å²) in [4.78, 5) is 14.0. The van der Waals surface area contributed by atoms with Crippen LogP contribution < -0.4 is 10.2 Å². The zero-order chi connectivity index (χ0) is 20.3. The molecule has 1 saturated carbocycles. The Morgan fingerprint density at radius 2 is 1.79 bits per heavy atom. The van der Waals surface area contributed by atoms with Gasteiger partial charge in [-0.05, 0) is 37.3 Å². The van der Waals surface area contributed by atoms with E-state index >= 15 is 0 Å². The first-order chi connectivity index (χ1) is 13.3. The van der Waals surface area contributed by atoms with E-state index in [1.54, 1.807) is 16.4 Å². The summed E-state index contributed by atoms with van der Waals surface area (Å²) in [7, 11) is -3.45. The Morgan fingerprint density at radius 1 is 1.14 bits per heavy atom. The van der Waals surface area contributed by atoms with E-state index in [1.165, 1.54) is 12.8 Å². The number of nitrogens with zero attached hydrogens (tertiary/aromatic N) is 1. The number of piperazine rings is 1. The van der Waals surface area contributed by atoms with E-state index < -0.39 is 10.0 Å². The molecule has 3 rings (SSSR count). The minimum Gasteiger partial charge on any atom is -0.348 e. The van der Waals surface area contributed by atoms with Gasteiger partial charge >= 0.3 is 0 Å². The number of hydrogen-bond acceptors (Lipinski definition) is 3. The molecule has 1 saturated heterocycles. The first-order valence-corrected chi connectivity index (χ1v) is 11.9. The van der Waals surface area contributed by atoms with Gasteiger partial charge in [0.25, 0.3) is 5.91 Å². The number of carbonyl (C=O) groups is 1. The Bertz CT molecular complexity index is 771. The Kier molecular flexibility index (Phi) is 6.78. The Hall–Kier alpha value is -1.44. The maximum Gasteiger partial charge on any atom is 0.275 e.